The summed E-state index contributed by atoms with van der Waals surface area (Å²) in [5, 5.41) is 1.09. The van der Waals surface area contributed by atoms with Crippen LogP contribution >= 0.6 is 0 Å². The van der Waals surface area contributed by atoms with E-state index in [0.717, 1.165) is 34.1 Å². The lowest BCUT2D eigenvalue weighted by Crippen LogP contribution is -1.95. The van der Waals surface area contributed by atoms with Gasteiger partial charge in [-0.3, -0.25) is 9.97 Å². The first-order chi connectivity index (χ1) is 12.8. The molecular weight excluding hydrogens is 316 g/mol. The molecule has 0 aliphatic carbocycles. The predicted octanol–water partition coefficient (Wildman–Crippen LogP) is 5.26. The fourth-order valence-electron chi connectivity index (χ4n) is 3.06. The van der Waals surface area contributed by atoms with Crippen molar-refractivity contribution < 1.29 is 0 Å². The molecule has 0 saturated heterocycles. The van der Waals surface area contributed by atoms with Gasteiger partial charge in [0.2, 0.25) is 0 Å². The highest BCUT2D eigenvalue weighted by Crippen LogP contribution is 2.28. The van der Waals surface area contributed by atoms with E-state index >= 15 is 0 Å². The zero-order chi connectivity index (χ0) is 17.8. The van der Waals surface area contributed by atoms with Crippen LogP contribution in [0.25, 0.3) is 22.0 Å². The first-order valence-corrected chi connectivity index (χ1v) is 8.75. The van der Waals surface area contributed by atoms with Crippen molar-refractivity contribution in [3.63, 3.8) is 0 Å². The molecule has 2 aromatic carbocycles. The van der Waals surface area contributed by atoms with Crippen LogP contribution in [0.2, 0.25) is 0 Å². The van der Waals surface area contributed by atoms with Crippen molar-refractivity contribution in [2.24, 2.45) is 0 Å². The number of aromatic nitrogens is 2. The van der Waals surface area contributed by atoms with Crippen molar-refractivity contribution in [3.8, 4) is 23.0 Å². The Bertz CT molecular complexity index is 1100. The highest BCUT2D eigenvalue weighted by Gasteiger charge is 2.09. The Morgan fingerprint density at radius 1 is 0.846 bits per heavy atom. The van der Waals surface area contributed by atoms with Gasteiger partial charge >= 0.3 is 0 Å². The summed E-state index contributed by atoms with van der Waals surface area (Å²) in [6.45, 7) is 2.15. The molecule has 0 saturated carbocycles. The van der Waals surface area contributed by atoms with E-state index in [-0.39, 0.29) is 0 Å². The van der Waals surface area contributed by atoms with Crippen LogP contribution in [0, 0.1) is 11.8 Å². The second kappa shape index (κ2) is 7.21. The van der Waals surface area contributed by atoms with Crippen LogP contribution < -0.4 is 0 Å². The SMILES string of the molecule is CCc1nc2cccc(C#Cc3ccncc3)c2cc1-c1ccccc1. The summed E-state index contributed by atoms with van der Waals surface area (Å²) < 4.78 is 0. The fraction of sp³-hybridized carbons (Fsp3) is 0.0833. The molecule has 0 aliphatic rings. The van der Waals surface area contributed by atoms with Crippen LogP contribution in [-0.4, -0.2) is 9.97 Å². The van der Waals surface area contributed by atoms with Crippen molar-refractivity contribution in [1.82, 2.24) is 9.97 Å². The molecule has 0 fully saturated rings. The highest BCUT2D eigenvalue weighted by atomic mass is 14.7. The standard InChI is InChI=1S/C24H18N2/c1-2-23-21(19-7-4-3-5-8-19)17-22-20(9-6-10-24(22)26-23)12-11-18-13-15-25-16-14-18/h3-10,13-17H,2H2,1H3. The van der Waals surface area contributed by atoms with E-state index in [1.165, 1.54) is 11.1 Å². The molecule has 0 radical (unpaired) electrons. The van der Waals surface area contributed by atoms with Gasteiger partial charge in [0.05, 0.1) is 5.52 Å². The van der Waals surface area contributed by atoms with E-state index in [1.807, 2.05) is 24.3 Å². The molecule has 2 heteroatoms. The van der Waals surface area contributed by atoms with Gasteiger partial charge in [-0.1, -0.05) is 55.2 Å². The molecule has 124 valence electrons. The Hall–Kier alpha value is -3.44. The second-order valence-corrected chi connectivity index (χ2v) is 6.06. The van der Waals surface area contributed by atoms with Gasteiger partial charge in [0.15, 0.2) is 0 Å². The van der Waals surface area contributed by atoms with E-state index in [1.54, 1.807) is 12.4 Å². The summed E-state index contributed by atoms with van der Waals surface area (Å²) in [4.78, 5) is 8.94. The maximum atomic E-state index is 4.91. The number of benzene rings is 2. The van der Waals surface area contributed by atoms with Gasteiger partial charge in [-0.15, -0.1) is 0 Å². The quantitative estimate of drug-likeness (QED) is 0.467. The first kappa shape index (κ1) is 16.1. The van der Waals surface area contributed by atoms with Crippen LogP contribution in [-0.2, 0) is 6.42 Å². The fourth-order valence-corrected chi connectivity index (χ4v) is 3.06. The molecule has 0 spiro atoms. The summed E-state index contributed by atoms with van der Waals surface area (Å²) in [5.74, 6) is 6.53. The normalized spacial score (nSPS) is 10.3. The van der Waals surface area contributed by atoms with E-state index in [9.17, 15) is 0 Å². The van der Waals surface area contributed by atoms with Crippen molar-refractivity contribution in [2.45, 2.75) is 13.3 Å². The first-order valence-electron chi connectivity index (χ1n) is 8.75. The molecule has 0 bridgehead atoms. The third kappa shape index (κ3) is 3.20. The third-order valence-electron chi connectivity index (χ3n) is 4.38. The maximum absolute atomic E-state index is 4.91. The van der Waals surface area contributed by atoms with E-state index in [2.05, 4.69) is 66.2 Å². The number of pyridine rings is 2. The van der Waals surface area contributed by atoms with Gasteiger partial charge in [-0.05, 0) is 42.3 Å². The monoisotopic (exact) mass is 334 g/mol. The summed E-state index contributed by atoms with van der Waals surface area (Å²) >= 11 is 0. The van der Waals surface area contributed by atoms with Crippen molar-refractivity contribution in [3.05, 3.63) is 95.9 Å². The molecule has 4 aromatic rings. The lowest BCUT2D eigenvalue weighted by Gasteiger charge is -2.10. The topological polar surface area (TPSA) is 25.8 Å². The number of hydrogen-bond acceptors (Lipinski definition) is 2. The zero-order valence-electron chi connectivity index (χ0n) is 14.6. The maximum Gasteiger partial charge on any atom is 0.0718 e. The summed E-state index contributed by atoms with van der Waals surface area (Å²) in [7, 11) is 0. The molecule has 2 nitrogen and oxygen atoms in total. The Balaban J connectivity index is 1.89. The van der Waals surface area contributed by atoms with Crippen molar-refractivity contribution in [1.29, 1.82) is 0 Å². The van der Waals surface area contributed by atoms with Gasteiger partial charge in [0, 0.05) is 40.2 Å². The minimum Gasteiger partial charge on any atom is -0.265 e. The number of hydrogen-bond donors (Lipinski definition) is 0. The zero-order valence-corrected chi connectivity index (χ0v) is 14.6. The van der Waals surface area contributed by atoms with Crippen LogP contribution in [0.1, 0.15) is 23.7 Å². The smallest absolute Gasteiger partial charge is 0.0718 e. The van der Waals surface area contributed by atoms with Crippen molar-refractivity contribution >= 4 is 10.9 Å². The van der Waals surface area contributed by atoms with Crippen molar-refractivity contribution in [2.75, 3.05) is 0 Å². The van der Waals surface area contributed by atoms with Gasteiger partial charge in [0.1, 0.15) is 0 Å². The second-order valence-electron chi connectivity index (χ2n) is 6.06. The Kier molecular flexibility index (Phi) is 4.45. The Labute approximate surface area is 153 Å². The molecular formula is C24H18N2. The molecule has 0 unspecified atom stereocenters. The number of fused-ring (bicyclic) bond motifs is 1. The van der Waals surface area contributed by atoms with E-state index in [4.69, 9.17) is 4.98 Å². The van der Waals surface area contributed by atoms with Crippen LogP contribution in [0.5, 0.6) is 0 Å². The lowest BCUT2D eigenvalue weighted by molar-refractivity contribution is 1.06. The molecule has 0 amide bonds. The molecule has 2 aromatic heterocycles. The molecule has 26 heavy (non-hydrogen) atoms. The molecule has 2 heterocycles. The summed E-state index contributed by atoms with van der Waals surface area (Å²) in [5.41, 5.74) is 6.42. The third-order valence-corrected chi connectivity index (χ3v) is 4.38. The molecule has 0 N–H and O–H groups in total. The largest absolute Gasteiger partial charge is 0.265 e. The van der Waals surface area contributed by atoms with Crippen LogP contribution in [0.3, 0.4) is 0 Å². The van der Waals surface area contributed by atoms with Gasteiger partial charge in [-0.2, -0.15) is 0 Å². The molecule has 4 rings (SSSR count). The molecule has 0 aliphatic heterocycles. The highest BCUT2D eigenvalue weighted by molar-refractivity contribution is 5.90. The predicted molar refractivity (Wildman–Crippen MR) is 107 cm³/mol. The van der Waals surface area contributed by atoms with Crippen LogP contribution in [0.4, 0.5) is 0 Å². The molecule has 0 atom stereocenters. The van der Waals surface area contributed by atoms with E-state index < -0.39 is 0 Å². The minimum absolute atomic E-state index is 0.896. The summed E-state index contributed by atoms with van der Waals surface area (Å²) in [6.07, 6.45) is 4.42. The average molecular weight is 334 g/mol. The van der Waals surface area contributed by atoms with Gasteiger partial charge in [-0.25, -0.2) is 0 Å². The van der Waals surface area contributed by atoms with Gasteiger partial charge in [0.25, 0.3) is 0 Å². The number of nitrogens with zero attached hydrogens (tertiary/aromatic N) is 2. The number of aryl methyl sites for hydroxylation is 1. The minimum atomic E-state index is 0.896. The number of rotatable bonds is 2. The average Bonchev–Trinajstić information content (AvgIpc) is 2.72. The summed E-state index contributed by atoms with van der Waals surface area (Å²) in [6, 6.07) is 22.6. The van der Waals surface area contributed by atoms with Gasteiger partial charge < -0.3 is 0 Å². The lowest BCUT2D eigenvalue weighted by atomic mass is 9.98. The Morgan fingerprint density at radius 3 is 2.42 bits per heavy atom. The van der Waals surface area contributed by atoms with Crippen LogP contribution in [0.15, 0.2) is 79.1 Å². The Morgan fingerprint density at radius 2 is 1.65 bits per heavy atom. The van der Waals surface area contributed by atoms with E-state index in [0.29, 0.717) is 0 Å².